The second-order valence-electron chi connectivity index (χ2n) is 7.03. The third-order valence-electron chi connectivity index (χ3n) is 5.38. The Morgan fingerprint density at radius 2 is 1.79 bits per heavy atom. The van der Waals surface area contributed by atoms with Gasteiger partial charge >= 0.3 is 5.97 Å². The van der Waals surface area contributed by atoms with E-state index < -0.39 is 27.1 Å². The first-order valence-electron chi connectivity index (χ1n) is 8.74. The number of benzene rings is 1. The molecule has 2 atom stereocenters. The summed E-state index contributed by atoms with van der Waals surface area (Å²) >= 11 is 0. The van der Waals surface area contributed by atoms with E-state index in [1.807, 2.05) is 4.90 Å². The van der Waals surface area contributed by atoms with E-state index in [0.717, 1.165) is 12.8 Å². The lowest BCUT2D eigenvalue weighted by Gasteiger charge is -2.29. The summed E-state index contributed by atoms with van der Waals surface area (Å²) in [6.45, 7) is 1.03. The fourth-order valence-electron chi connectivity index (χ4n) is 4.05. The van der Waals surface area contributed by atoms with Crippen molar-refractivity contribution >= 4 is 15.8 Å². The van der Waals surface area contributed by atoms with Gasteiger partial charge in [0.05, 0.1) is 10.1 Å². The summed E-state index contributed by atoms with van der Waals surface area (Å²) in [5, 5.41) is 8.90. The molecule has 1 aromatic carbocycles. The molecule has 1 saturated heterocycles. The van der Waals surface area contributed by atoms with Gasteiger partial charge in [0.1, 0.15) is 6.04 Å². The smallest absolute Gasteiger partial charge is 0.320 e. The molecule has 0 bridgehead atoms. The molecule has 5 nitrogen and oxygen atoms in total. The van der Waals surface area contributed by atoms with Gasteiger partial charge in [0.25, 0.3) is 0 Å². The zero-order valence-corrected chi connectivity index (χ0v) is 14.6. The lowest BCUT2D eigenvalue weighted by Crippen LogP contribution is -2.39. The van der Waals surface area contributed by atoms with E-state index in [1.165, 1.54) is 19.3 Å². The molecule has 1 heterocycles. The average Bonchev–Trinajstić information content (AvgIpc) is 3.01. The molecule has 1 aromatic rings. The second-order valence-corrected chi connectivity index (χ2v) is 9.26. The number of carboxylic acid groups (broad SMARTS) is 1. The Balaban J connectivity index is 1.76. The number of hydrogen-bond acceptors (Lipinski definition) is 4. The molecule has 0 spiro atoms. The number of likely N-dealkylation sites (tertiary alicyclic amines) is 1. The van der Waals surface area contributed by atoms with Gasteiger partial charge in [0.15, 0.2) is 9.84 Å². The molecule has 132 valence electrons. The molecule has 1 N–H and O–H groups in total. The van der Waals surface area contributed by atoms with Crippen LogP contribution in [-0.2, 0) is 14.6 Å². The van der Waals surface area contributed by atoms with Crippen LogP contribution < -0.4 is 0 Å². The molecule has 1 saturated carbocycles. The zero-order chi connectivity index (χ0) is 17.2. The zero-order valence-electron chi connectivity index (χ0n) is 13.8. The van der Waals surface area contributed by atoms with Crippen LogP contribution in [-0.4, -0.2) is 48.8 Å². The fourth-order valence-corrected chi connectivity index (χ4v) is 5.79. The summed E-state index contributed by atoms with van der Waals surface area (Å²) in [6, 6.07) is 7.69. The van der Waals surface area contributed by atoms with Crippen molar-refractivity contribution in [2.75, 3.05) is 13.1 Å². The van der Waals surface area contributed by atoms with E-state index >= 15 is 0 Å². The number of nitrogens with zero attached hydrogens (tertiary/aromatic N) is 1. The molecule has 1 aliphatic carbocycles. The molecule has 2 aliphatic rings. The van der Waals surface area contributed by atoms with Crippen molar-refractivity contribution in [3.63, 3.8) is 0 Å². The van der Waals surface area contributed by atoms with Crippen LogP contribution in [0.25, 0.3) is 0 Å². The highest BCUT2D eigenvalue weighted by Gasteiger charge is 2.43. The van der Waals surface area contributed by atoms with E-state index in [4.69, 9.17) is 0 Å². The maximum Gasteiger partial charge on any atom is 0.320 e. The SMILES string of the molecule is O=C(O)C1CC(S(=O)(=O)c2ccccc2)CN1CC1CCCCC1. The molecule has 2 unspecified atom stereocenters. The quantitative estimate of drug-likeness (QED) is 0.882. The summed E-state index contributed by atoms with van der Waals surface area (Å²) < 4.78 is 25.6. The Morgan fingerprint density at radius 3 is 2.42 bits per heavy atom. The Kier molecular flexibility index (Phi) is 5.25. The van der Waals surface area contributed by atoms with Gasteiger partial charge in [0, 0.05) is 13.1 Å². The first-order valence-corrected chi connectivity index (χ1v) is 10.3. The molecule has 0 amide bonds. The van der Waals surface area contributed by atoms with Crippen molar-refractivity contribution in [2.45, 2.75) is 54.7 Å². The van der Waals surface area contributed by atoms with E-state index in [0.29, 0.717) is 23.9 Å². The van der Waals surface area contributed by atoms with Gasteiger partial charge in [-0.25, -0.2) is 8.42 Å². The Morgan fingerprint density at radius 1 is 1.12 bits per heavy atom. The van der Waals surface area contributed by atoms with Crippen LogP contribution in [0.5, 0.6) is 0 Å². The predicted octanol–water partition coefficient (Wildman–Crippen LogP) is 2.57. The third kappa shape index (κ3) is 3.64. The van der Waals surface area contributed by atoms with Crippen LogP contribution in [0.3, 0.4) is 0 Å². The molecule has 0 aromatic heterocycles. The number of aliphatic carboxylic acids is 1. The summed E-state index contributed by atoms with van der Waals surface area (Å²) in [5.74, 6) is -0.407. The van der Waals surface area contributed by atoms with Gasteiger partial charge in [-0.15, -0.1) is 0 Å². The number of carbonyl (C=O) groups is 1. The van der Waals surface area contributed by atoms with Crippen molar-refractivity contribution in [1.82, 2.24) is 4.90 Å². The van der Waals surface area contributed by atoms with Crippen LogP contribution in [0.4, 0.5) is 0 Å². The van der Waals surface area contributed by atoms with E-state index in [1.54, 1.807) is 30.3 Å². The van der Waals surface area contributed by atoms with Crippen LogP contribution in [0.2, 0.25) is 0 Å². The molecule has 6 heteroatoms. The normalized spacial score (nSPS) is 26.5. The monoisotopic (exact) mass is 351 g/mol. The minimum absolute atomic E-state index is 0.180. The highest BCUT2D eigenvalue weighted by atomic mass is 32.2. The van der Waals surface area contributed by atoms with Gasteiger partial charge < -0.3 is 5.11 Å². The predicted molar refractivity (Wildman–Crippen MR) is 91.6 cm³/mol. The molecule has 0 radical (unpaired) electrons. The lowest BCUT2D eigenvalue weighted by atomic mass is 9.89. The van der Waals surface area contributed by atoms with Crippen molar-refractivity contribution in [3.05, 3.63) is 30.3 Å². The maximum absolute atomic E-state index is 12.8. The number of hydrogen-bond donors (Lipinski definition) is 1. The Bertz CT molecular complexity index is 668. The van der Waals surface area contributed by atoms with E-state index in [9.17, 15) is 18.3 Å². The van der Waals surface area contributed by atoms with E-state index in [2.05, 4.69) is 0 Å². The first-order chi connectivity index (χ1) is 11.5. The molecule has 3 rings (SSSR count). The summed E-state index contributed by atoms with van der Waals surface area (Å²) in [4.78, 5) is 13.8. The largest absolute Gasteiger partial charge is 0.480 e. The van der Waals surface area contributed by atoms with Gasteiger partial charge in [-0.05, 0) is 37.3 Å². The van der Waals surface area contributed by atoms with Gasteiger partial charge in [-0.3, -0.25) is 9.69 Å². The van der Waals surface area contributed by atoms with Crippen molar-refractivity contribution in [3.8, 4) is 0 Å². The minimum Gasteiger partial charge on any atom is -0.480 e. The number of carboxylic acids is 1. The Labute approximate surface area is 143 Å². The van der Waals surface area contributed by atoms with Gasteiger partial charge in [-0.1, -0.05) is 37.5 Å². The summed E-state index contributed by atoms with van der Waals surface area (Å²) in [6.07, 6.45) is 6.07. The van der Waals surface area contributed by atoms with E-state index in [-0.39, 0.29) is 6.42 Å². The third-order valence-corrected chi connectivity index (χ3v) is 7.53. The van der Waals surface area contributed by atoms with Crippen LogP contribution in [0.1, 0.15) is 38.5 Å². The molecular formula is C18H25NO4S. The molecule has 2 fully saturated rings. The highest BCUT2D eigenvalue weighted by Crippen LogP contribution is 2.31. The second kappa shape index (κ2) is 7.23. The first kappa shape index (κ1) is 17.4. The van der Waals surface area contributed by atoms with Crippen molar-refractivity contribution in [2.24, 2.45) is 5.92 Å². The number of sulfone groups is 1. The van der Waals surface area contributed by atoms with Gasteiger partial charge in [-0.2, -0.15) is 0 Å². The number of rotatable bonds is 5. The van der Waals surface area contributed by atoms with Crippen molar-refractivity contribution < 1.29 is 18.3 Å². The Hall–Kier alpha value is -1.40. The minimum atomic E-state index is -3.48. The van der Waals surface area contributed by atoms with Crippen LogP contribution >= 0.6 is 0 Å². The summed E-state index contributed by atoms with van der Waals surface area (Å²) in [7, 11) is -3.48. The lowest BCUT2D eigenvalue weighted by molar-refractivity contribution is -0.142. The standard InChI is InChI=1S/C18H25NO4S/c20-18(21)17-11-16(24(22,23)15-9-5-2-6-10-15)13-19(17)12-14-7-3-1-4-8-14/h2,5-6,9-10,14,16-17H,1,3-4,7-8,11-13H2,(H,20,21). The highest BCUT2D eigenvalue weighted by molar-refractivity contribution is 7.92. The average molecular weight is 351 g/mol. The molecule has 1 aliphatic heterocycles. The van der Waals surface area contributed by atoms with Crippen LogP contribution in [0.15, 0.2) is 35.2 Å². The van der Waals surface area contributed by atoms with Crippen molar-refractivity contribution in [1.29, 1.82) is 0 Å². The fraction of sp³-hybridized carbons (Fsp3) is 0.611. The summed E-state index contributed by atoms with van der Waals surface area (Å²) in [5.41, 5.74) is 0. The van der Waals surface area contributed by atoms with Crippen LogP contribution in [0, 0.1) is 5.92 Å². The molecular weight excluding hydrogens is 326 g/mol. The van der Waals surface area contributed by atoms with Gasteiger partial charge in [0.2, 0.25) is 0 Å². The maximum atomic E-state index is 12.8. The molecule has 24 heavy (non-hydrogen) atoms. The topological polar surface area (TPSA) is 74.7 Å².